The first-order chi connectivity index (χ1) is 17.0. The maximum absolute atomic E-state index is 13.2. The highest BCUT2D eigenvalue weighted by molar-refractivity contribution is 6.08. The van der Waals surface area contributed by atoms with Crippen LogP contribution in [0, 0.1) is 5.92 Å². The standard InChI is InChI=1S/C27H32N4O4/c1-5-17(6-2)16-35-27(32)23-24-26(30-20-10-8-7-9-19(20)29-24)31(25(23)28)14-13-18-11-12-21(33-3)22(15-18)34-4/h7-12,15,17H,5-6,13-14,16,28H2,1-4H3. The molecule has 2 N–H and O–H groups in total. The summed E-state index contributed by atoms with van der Waals surface area (Å²) in [5.74, 6) is 1.48. The molecule has 2 aromatic carbocycles. The SMILES string of the molecule is CCC(CC)COC(=O)c1c(N)n(CCc2ccc(OC)c(OC)c2)c2nc3ccccc3nc12. The molecule has 0 aliphatic carbocycles. The van der Waals surface area contributed by atoms with Crippen LogP contribution in [0.4, 0.5) is 5.82 Å². The van der Waals surface area contributed by atoms with Crippen LogP contribution in [0.5, 0.6) is 11.5 Å². The van der Waals surface area contributed by atoms with Crippen molar-refractivity contribution < 1.29 is 19.0 Å². The summed E-state index contributed by atoms with van der Waals surface area (Å²) in [6.07, 6.45) is 2.53. The van der Waals surface area contributed by atoms with E-state index in [4.69, 9.17) is 29.9 Å². The Morgan fingerprint density at radius 2 is 1.69 bits per heavy atom. The number of anilines is 1. The number of fused-ring (bicyclic) bond motifs is 2. The fourth-order valence-corrected chi connectivity index (χ4v) is 4.21. The van der Waals surface area contributed by atoms with E-state index in [2.05, 4.69) is 13.8 Å². The molecule has 0 spiro atoms. The molecule has 35 heavy (non-hydrogen) atoms. The zero-order valence-electron chi connectivity index (χ0n) is 20.7. The normalized spacial score (nSPS) is 11.3. The van der Waals surface area contributed by atoms with Crippen molar-refractivity contribution in [3.8, 4) is 11.5 Å². The van der Waals surface area contributed by atoms with Crippen LogP contribution < -0.4 is 15.2 Å². The number of nitrogen functional groups attached to an aromatic ring is 1. The molecular formula is C27H32N4O4. The van der Waals surface area contributed by atoms with Crippen molar-refractivity contribution >= 4 is 34.0 Å². The largest absolute Gasteiger partial charge is 0.493 e. The molecule has 4 rings (SSSR count). The second-order valence-corrected chi connectivity index (χ2v) is 8.52. The maximum atomic E-state index is 13.2. The van der Waals surface area contributed by atoms with Gasteiger partial charge in [-0.3, -0.25) is 0 Å². The number of aromatic nitrogens is 3. The fourth-order valence-electron chi connectivity index (χ4n) is 4.21. The summed E-state index contributed by atoms with van der Waals surface area (Å²) in [6.45, 7) is 5.04. The summed E-state index contributed by atoms with van der Waals surface area (Å²) in [7, 11) is 3.22. The molecule has 184 valence electrons. The van der Waals surface area contributed by atoms with E-state index in [1.54, 1.807) is 14.2 Å². The van der Waals surface area contributed by atoms with Gasteiger partial charge in [0, 0.05) is 6.54 Å². The van der Waals surface area contributed by atoms with Gasteiger partial charge in [-0.1, -0.05) is 44.9 Å². The zero-order chi connectivity index (χ0) is 24.9. The minimum absolute atomic E-state index is 0.275. The second-order valence-electron chi connectivity index (χ2n) is 8.52. The highest BCUT2D eigenvalue weighted by Crippen LogP contribution is 2.31. The van der Waals surface area contributed by atoms with Gasteiger partial charge in [0.25, 0.3) is 0 Å². The Kier molecular flexibility index (Phi) is 7.39. The lowest BCUT2D eigenvalue weighted by Gasteiger charge is -2.13. The quantitative estimate of drug-likeness (QED) is 0.321. The van der Waals surface area contributed by atoms with Gasteiger partial charge < -0.3 is 24.5 Å². The number of aryl methyl sites for hydroxylation is 2. The number of hydrogen-bond donors (Lipinski definition) is 1. The van der Waals surface area contributed by atoms with Gasteiger partial charge >= 0.3 is 5.97 Å². The van der Waals surface area contributed by atoms with Gasteiger partial charge in [-0.15, -0.1) is 0 Å². The number of nitrogens with two attached hydrogens (primary N) is 1. The molecule has 8 nitrogen and oxygen atoms in total. The van der Waals surface area contributed by atoms with E-state index < -0.39 is 5.97 Å². The molecule has 8 heteroatoms. The third-order valence-electron chi connectivity index (χ3n) is 6.47. The zero-order valence-corrected chi connectivity index (χ0v) is 20.7. The van der Waals surface area contributed by atoms with Gasteiger partial charge in [0.2, 0.25) is 0 Å². The van der Waals surface area contributed by atoms with Crippen molar-refractivity contribution in [3.05, 3.63) is 53.6 Å². The number of esters is 1. The molecule has 2 heterocycles. The summed E-state index contributed by atoms with van der Waals surface area (Å²) in [6, 6.07) is 13.4. The minimum atomic E-state index is -0.464. The average Bonchev–Trinajstić information content (AvgIpc) is 3.16. The molecule has 4 aromatic rings. The second kappa shape index (κ2) is 10.6. The number of nitrogens with zero attached hydrogens (tertiary/aromatic N) is 3. The van der Waals surface area contributed by atoms with E-state index in [9.17, 15) is 4.79 Å². The lowest BCUT2D eigenvalue weighted by Crippen LogP contribution is -2.15. The van der Waals surface area contributed by atoms with E-state index in [-0.39, 0.29) is 5.56 Å². The number of benzene rings is 2. The van der Waals surface area contributed by atoms with E-state index >= 15 is 0 Å². The van der Waals surface area contributed by atoms with Gasteiger partial charge in [0.1, 0.15) is 16.9 Å². The Bertz CT molecular complexity index is 1340. The molecule has 0 fully saturated rings. The van der Waals surface area contributed by atoms with Crippen molar-refractivity contribution in [1.82, 2.24) is 14.5 Å². The molecule has 2 aromatic heterocycles. The molecule has 0 aliphatic rings. The highest BCUT2D eigenvalue weighted by atomic mass is 16.5. The molecule has 0 aliphatic heterocycles. The first kappa shape index (κ1) is 24.3. The summed E-state index contributed by atoms with van der Waals surface area (Å²) in [5.41, 5.74) is 10.3. The maximum Gasteiger partial charge on any atom is 0.344 e. The van der Waals surface area contributed by atoms with Crippen molar-refractivity contribution in [2.24, 2.45) is 5.92 Å². The Labute approximate surface area is 205 Å². The molecule has 0 atom stereocenters. The van der Waals surface area contributed by atoms with Crippen LogP contribution in [0.2, 0.25) is 0 Å². The topological polar surface area (TPSA) is 101 Å². The Morgan fingerprint density at radius 1 is 1.00 bits per heavy atom. The first-order valence-electron chi connectivity index (χ1n) is 11.9. The third kappa shape index (κ3) is 4.87. The molecule has 0 amide bonds. The smallest absolute Gasteiger partial charge is 0.344 e. The first-order valence-corrected chi connectivity index (χ1v) is 11.9. The van der Waals surface area contributed by atoms with Crippen molar-refractivity contribution in [2.45, 2.75) is 39.7 Å². The van der Waals surface area contributed by atoms with Gasteiger partial charge in [0.15, 0.2) is 17.1 Å². The van der Waals surface area contributed by atoms with E-state index in [1.165, 1.54) is 0 Å². The lowest BCUT2D eigenvalue weighted by atomic mass is 10.1. The fraction of sp³-hybridized carbons (Fsp3) is 0.370. The predicted molar refractivity (Wildman–Crippen MR) is 137 cm³/mol. The number of para-hydroxylation sites is 2. The summed E-state index contributed by atoms with van der Waals surface area (Å²) >= 11 is 0. The van der Waals surface area contributed by atoms with Crippen LogP contribution >= 0.6 is 0 Å². The number of methoxy groups -OCH3 is 2. The van der Waals surface area contributed by atoms with Crippen LogP contribution in [0.1, 0.15) is 42.6 Å². The number of carbonyl (C=O) groups excluding carboxylic acids is 1. The average molecular weight is 477 g/mol. The number of hydrogen-bond acceptors (Lipinski definition) is 7. The van der Waals surface area contributed by atoms with Crippen LogP contribution in [0.3, 0.4) is 0 Å². The van der Waals surface area contributed by atoms with E-state index in [1.807, 2.05) is 47.0 Å². The molecule has 0 bridgehead atoms. The molecular weight excluding hydrogens is 444 g/mol. The molecule has 0 saturated heterocycles. The minimum Gasteiger partial charge on any atom is -0.493 e. The van der Waals surface area contributed by atoms with Crippen LogP contribution in [-0.2, 0) is 17.7 Å². The van der Waals surface area contributed by atoms with Crippen LogP contribution in [-0.4, -0.2) is 41.3 Å². The van der Waals surface area contributed by atoms with Crippen molar-refractivity contribution in [1.29, 1.82) is 0 Å². The number of ether oxygens (including phenoxy) is 3. The van der Waals surface area contributed by atoms with E-state index in [0.29, 0.717) is 59.5 Å². The Balaban J connectivity index is 1.73. The summed E-state index contributed by atoms with van der Waals surface area (Å²) in [5, 5.41) is 0. The Hall–Kier alpha value is -3.81. The van der Waals surface area contributed by atoms with E-state index in [0.717, 1.165) is 23.9 Å². The monoisotopic (exact) mass is 476 g/mol. The van der Waals surface area contributed by atoms with Gasteiger partial charge in [-0.2, -0.15) is 0 Å². The van der Waals surface area contributed by atoms with Crippen LogP contribution in [0.25, 0.3) is 22.2 Å². The lowest BCUT2D eigenvalue weighted by molar-refractivity contribution is 0.0436. The van der Waals surface area contributed by atoms with Gasteiger partial charge in [0.05, 0.1) is 31.9 Å². The Morgan fingerprint density at radius 3 is 2.34 bits per heavy atom. The molecule has 0 unspecified atom stereocenters. The highest BCUT2D eigenvalue weighted by Gasteiger charge is 2.25. The number of rotatable bonds is 10. The van der Waals surface area contributed by atoms with Crippen LogP contribution in [0.15, 0.2) is 42.5 Å². The molecule has 0 radical (unpaired) electrons. The van der Waals surface area contributed by atoms with Gasteiger partial charge in [-0.05, 0) is 42.2 Å². The van der Waals surface area contributed by atoms with Crippen molar-refractivity contribution in [2.75, 3.05) is 26.6 Å². The third-order valence-corrected chi connectivity index (χ3v) is 6.47. The number of carbonyl (C=O) groups is 1. The van der Waals surface area contributed by atoms with Gasteiger partial charge in [-0.25, -0.2) is 14.8 Å². The van der Waals surface area contributed by atoms with Crippen molar-refractivity contribution in [3.63, 3.8) is 0 Å². The predicted octanol–water partition coefficient (Wildman–Crippen LogP) is 5.02. The summed E-state index contributed by atoms with van der Waals surface area (Å²) < 4.78 is 18.3. The summed E-state index contributed by atoms with van der Waals surface area (Å²) in [4.78, 5) is 22.7. The molecule has 0 saturated carbocycles.